The Morgan fingerprint density at radius 1 is 2.00 bits per heavy atom. The number of thiocarbonyl (C=S) groups is 1. The molecule has 6 heavy (non-hydrogen) atoms. The summed E-state index contributed by atoms with van der Waals surface area (Å²) >= 11 is 6.13. The average Bonchev–Trinajstić information content (AvgIpc) is 1.65. The first-order valence-electron chi connectivity index (χ1n) is 1.42. The minimum Gasteiger partial charge on any atom is -0.256 e. The quantitative estimate of drug-likeness (QED) is 0.333. The van der Waals surface area contributed by atoms with Gasteiger partial charge in [-0.3, -0.25) is 5.84 Å². The third kappa shape index (κ3) is 2.44. The van der Waals surface area contributed by atoms with E-state index in [1.165, 1.54) is 11.8 Å². The molecule has 0 fully saturated rings. The fraction of sp³-hybridized carbons (Fsp3) is 0.500. The summed E-state index contributed by atoms with van der Waals surface area (Å²) in [5.41, 5.74) is 2.56. The molecule has 0 aromatic heterocycles. The molecule has 0 heterocycles. The van der Waals surface area contributed by atoms with E-state index in [0.717, 1.165) is 4.32 Å². The lowest BCUT2D eigenvalue weighted by molar-refractivity contribution is -0.417. The smallest absolute Gasteiger partial charge is 0.181 e. The van der Waals surface area contributed by atoms with Crippen molar-refractivity contribution in [2.75, 3.05) is 6.26 Å². The highest BCUT2D eigenvalue weighted by atomic mass is 32.2. The molecule has 0 aliphatic carbocycles. The number of hydrogen-bond acceptors (Lipinski definition) is 2. The van der Waals surface area contributed by atoms with Crippen molar-refractivity contribution in [3.05, 3.63) is 0 Å². The molecule has 4 N–H and O–H groups in total. The van der Waals surface area contributed by atoms with Crippen LogP contribution in [-0.2, 0) is 0 Å². The molecule has 0 aliphatic heterocycles. The van der Waals surface area contributed by atoms with Gasteiger partial charge in [0.15, 0.2) is 4.32 Å². The Hall–Kier alpha value is 0.200. The number of quaternary nitrogens is 1. The van der Waals surface area contributed by atoms with Crippen LogP contribution in [0, 0.1) is 0 Å². The molecular formula is C2H7N2S2+. The Morgan fingerprint density at radius 3 is 2.50 bits per heavy atom. The van der Waals surface area contributed by atoms with Gasteiger partial charge in [-0.25, -0.2) is 5.43 Å². The second-order valence-electron chi connectivity index (χ2n) is 0.668. The van der Waals surface area contributed by atoms with Crippen molar-refractivity contribution in [2.45, 2.75) is 0 Å². The van der Waals surface area contributed by atoms with Gasteiger partial charge >= 0.3 is 0 Å². The highest BCUT2D eigenvalue weighted by Gasteiger charge is 1.82. The second kappa shape index (κ2) is 3.39. The van der Waals surface area contributed by atoms with Crippen LogP contribution in [0.1, 0.15) is 0 Å². The number of hydrogen-bond donors (Lipinski definition) is 2. The lowest BCUT2D eigenvalue weighted by atomic mass is 11.5. The fourth-order valence-electron chi connectivity index (χ4n) is 0.0722. The Bertz CT molecular complexity index is 47.5. The molecule has 0 saturated carbocycles. The van der Waals surface area contributed by atoms with Gasteiger partial charge in [0.25, 0.3) is 0 Å². The molecule has 0 spiro atoms. The van der Waals surface area contributed by atoms with Crippen LogP contribution in [0.4, 0.5) is 0 Å². The van der Waals surface area contributed by atoms with Crippen LogP contribution in [0.25, 0.3) is 0 Å². The van der Waals surface area contributed by atoms with E-state index >= 15 is 0 Å². The maximum absolute atomic E-state index is 4.65. The molecular weight excluding hydrogens is 116 g/mol. The van der Waals surface area contributed by atoms with Crippen LogP contribution in [0.5, 0.6) is 0 Å². The van der Waals surface area contributed by atoms with E-state index in [4.69, 9.17) is 0 Å². The van der Waals surface area contributed by atoms with Crippen molar-refractivity contribution >= 4 is 28.3 Å². The summed E-state index contributed by atoms with van der Waals surface area (Å²) in [4.78, 5) is 0. The molecule has 0 bridgehead atoms. The van der Waals surface area contributed by atoms with E-state index in [9.17, 15) is 0 Å². The van der Waals surface area contributed by atoms with E-state index in [1.807, 2.05) is 6.26 Å². The molecule has 0 radical (unpaired) electrons. The number of rotatable bonds is 0. The van der Waals surface area contributed by atoms with Gasteiger partial charge in [-0.15, -0.1) is 0 Å². The minimum absolute atomic E-state index is 0.731. The summed E-state index contributed by atoms with van der Waals surface area (Å²) in [5.74, 6) is 3.34. The highest BCUT2D eigenvalue weighted by molar-refractivity contribution is 8.22. The molecule has 0 rings (SSSR count). The SMILES string of the molecule is CSC(=S)N[NH3+]. The fourth-order valence-corrected chi connectivity index (χ4v) is 0.217. The molecule has 0 amide bonds. The van der Waals surface area contributed by atoms with Gasteiger partial charge in [0.05, 0.1) is 0 Å². The molecule has 4 heteroatoms. The van der Waals surface area contributed by atoms with Gasteiger partial charge in [0, 0.05) is 0 Å². The highest BCUT2D eigenvalue weighted by Crippen LogP contribution is 1.88. The Morgan fingerprint density at radius 2 is 2.50 bits per heavy atom. The third-order valence-corrected chi connectivity index (χ3v) is 1.49. The lowest BCUT2D eigenvalue weighted by Gasteiger charge is -1.87. The maximum Gasteiger partial charge on any atom is 0.181 e. The van der Waals surface area contributed by atoms with Crippen LogP contribution >= 0.6 is 24.0 Å². The van der Waals surface area contributed by atoms with Gasteiger partial charge in [-0.1, -0.05) is 11.8 Å². The summed E-state index contributed by atoms with van der Waals surface area (Å²) < 4.78 is 0.731. The molecule has 0 aromatic rings. The summed E-state index contributed by atoms with van der Waals surface area (Å²) in [6.45, 7) is 0. The zero-order valence-corrected chi connectivity index (χ0v) is 5.16. The average molecular weight is 123 g/mol. The van der Waals surface area contributed by atoms with Crippen molar-refractivity contribution < 1.29 is 5.84 Å². The van der Waals surface area contributed by atoms with Crippen molar-refractivity contribution in [1.82, 2.24) is 5.43 Å². The van der Waals surface area contributed by atoms with Gasteiger partial charge in [0.1, 0.15) is 0 Å². The van der Waals surface area contributed by atoms with Crippen molar-refractivity contribution in [3.8, 4) is 0 Å². The predicted octanol–water partition coefficient (Wildman–Crippen LogP) is -0.619. The normalized spacial score (nSPS) is 7.67. The first-order chi connectivity index (χ1) is 2.81. The maximum atomic E-state index is 4.65. The van der Waals surface area contributed by atoms with E-state index in [1.54, 1.807) is 0 Å². The summed E-state index contributed by atoms with van der Waals surface area (Å²) in [6.07, 6.45) is 1.90. The van der Waals surface area contributed by atoms with Gasteiger partial charge < -0.3 is 0 Å². The van der Waals surface area contributed by atoms with E-state index < -0.39 is 0 Å². The molecule has 0 aromatic carbocycles. The van der Waals surface area contributed by atoms with Gasteiger partial charge in [-0.2, -0.15) is 0 Å². The summed E-state index contributed by atoms with van der Waals surface area (Å²) in [6, 6.07) is 0. The van der Waals surface area contributed by atoms with Crippen molar-refractivity contribution in [3.63, 3.8) is 0 Å². The number of nitrogens with one attached hydrogen (secondary N) is 1. The van der Waals surface area contributed by atoms with Crippen LogP contribution in [0.15, 0.2) is 0 Å². The molecule has 0 unspecified atom stereocenters. The van der Waals surface area contributed by atoms with Crippen molar-refractivity contribution in [2.24, 2.45) is 0 Å². The van der Waals surface area contributed by atoms with Crippen LogP contribution in [0.3, 0.4) is 0 Å². The Labute approximate surface area is 46.4 Å². The van der Waals surface area contributed by atoms with E-state index in [-0.39, 0.29) is 0 Å². The monoisotopic (exact) mass is 123 g/mol. The summed E-state index contributed by atoms with van der Waals surface area (Å²) in [7, 11) is 0. The molecule has 0 saturated heterocycles. The van der Waals surface area contributed by atoms with Crippen molar-refractivity contribution in [1.29, 1.82) is 0 Å². The van der Waals surface area contributed by atoms with Gasteiger partial charge in [0.2, 0.25) is 0 Å². The predicted molar refractivity (Wildman–Crippen MR) is 32.1 cm³/mol. The first-order valence-corrected chi connectivity index (χ1v) is 3.05. The lowest BCUT2D eigenvalue weighted by Crippen LogP contribution is -2.66. The van der Waals surface area contributed by atoms with E-state index in [2.05, 4.69) is 23.5 Å². The standard InChI is InChI=1S/C2H6N2S2/c1-6-2(5)4-3/h3H2,1H3,(H,4,5)/p+1. The second-order valence-corrected chi connectivity index (χ2v) is 2.15. The molecule has 0 aliphatic rings. The topological polar surface area (TPSA) is 39.7 Å². The Balaban J connectivity index is 2.99. The van der Waals surface area contributed by atoms with Crippen LogP contribution < -0.4 is 11.3 Å². The largest absolute Gasteiger partial charge is 0.256 e. The minimum atomic E-state index is 0.731. The number of thioether (sulfide) groups is 1. The zero-order chi connectivity index (χ0) is 4.99. The van der Waals surface area contributed by atoms with Gasteiger partial charge in [-0.05, 0) is 18.5 Å². The summed E-state index contributed by atoms with van der Waals surface area (Å²) in [5, 5.41) is 0. The third-order valence-electron chi connectivity index (χ3n) is 0.330. The Kier molecular flexibility index (Phi) is 3.51. The molecule has 0 atom stereocenters. The zero-order valence-electron chi connectivity index (χ0n) is 3.52. The van der Waals surface area contributed by atoms with Crippen LogP contribution in [-0.4, -0.2) is 10.6 Å². The first kappa shape index (κ1) is 6.20. The molecule has 36 valence electrons. The van der Waals surface area contributed by atoms with E-state index in [0.29, 0.717) is 0 Å². The molecule has 2 nitrogen and oxygen atoms in total. The van der Waals surface area contributed by atoms with Crippen LogP contribution in [0.2, 0.25) is 0 Å².